The van der Waals surface area contributed by atoms with Gasteiger partial charge in [-0.15, -0.1) is 0 Å². The standard InChI is InChI=1S/C9H16N4O/c1-4-13(5-2)8-6-7(10-3)11-9(14)12-8/h6H,4-5H2,1-3H3,(H2,10,11,12,14). The van der Waals surface area contributed by atoms with Gasteiger partial charge in [-0.2, -0.15) is 4.98 Å². The van der Waals surface area contributed by atoms with Crippen LogP contribution in [0, 0.1) is 0 Å². The van der Waals surface area contributed by atoms with Crippen molar-refractivity contribution in [3.8, 4) is 0 Å². The van der Waals surface area contributed by atoms with Gasteiger partial charge in [0.1, 0.15) is 11.6 Å². The van der Waals surface area contributed by atoms with Gasteiger partial charge in [-0.1, -0.05) is 0 Å². The number of rotatable bonds is 4. The fourth-order valence-electron chi connectivity index (χ4n) is 1.29. The summed E-state index contributed by atoms with van der Waals surface area (Å²) in [7, 11) is 1.76. The van der Waals surface area contributed by atoms with Crippen molar-refractivity contribution in [2.24, 2.45) is 0 Å². The van der Waals surface area contributed by atoms with Crippen LogP contribution in [0.2, 0.25) is 0 Å². The van der Waals surface area contributed by atoms with E-state index in [-0.39, 0.29) is 5.69 Å². The van der Waals surface area contributed by atoms with Gasteiger partial charge in [0.05, 0.1) is 0 Å². The van der Waals surface area contributed by atoms with E-state index < -0.39 is 0 Å². The van der Waals surface area contributed by atoms with Gasteiger partial charge >= 0.3 is 5.69 Å². The number of H-pyrrole nitrogens is 1. The van der Waals surface area contributed by atoms with Crippen molar-refractivity contribution >= 4 is 11.6 Å². The van der Waals surface area contributed by atoms with Gasteiger partial charge in [0, 0.05) is 26.2 Å². The molecule has 78 valence electrons. The van der Waals surface area contributed by atoms with Gasteiger partial charge in [-0.05, 0) is 13.8 Å². The predicted octanol–water partition coefficient (Wildman–Crippen LogP) is 0.658. The lowest BCUT2D eigenvalue weighted by Gasteiger charge is -2.19. The number of nitrogens with zero attached hydrogens (tertiary/aromatic N) is 2. The van der Waals surface area contributed by atoms with Crippen LogP contribution in [0.15, 0.2) is 10.9 Å². The minimum absolute atomic E-state index is 0.321. The molecule has 0 fully saturated rings. The Morgan fingerprint density at radius 3 is 2.64 bits per heavy atom. The number of aromatic nitrogens is 2. The fraction of sp³-hybridized carbons (Fsp3) is 0.556. The molecule has 0 saturated heterocycles. The minimum atomic E-state index is -0.321. The van der Waals surface area contributed by atoms with Crippen molar-refractivity contribution in [1.29, 1.82) is 0 Å². The molecule has 0 bridgehead atoms. The lowest BCUT2D eigenvalue weighted by molar-refractivity contribution is 0.835. The molecule has 0 atom stereocenters. The zero-order chi connectivity index (χ0) is 10.6. The topological polar surface area (TPSA) is 61.0 Å². The van der Waals surface area contributed by atoms with E-state index in [1.54, 1.807) is 7.05 Å². The Morgan fingerprint density at radius 2 is 2.14 bits per heavy atom. The highest BCUT2D eigenvalue weighted by atomic mass is 16.1. The zero-order valence-corrected chi connectivity index (χ0v) is 8.79. The Morgan fingerprint density at radius 1 is 1.50 bits per heavy atom. The molecule has 1 aromatic heterocycles. The molecule has 2 N–H and O–H groups in total. The highest BCUT2D eigenvalue weighted by molar-refractivity contribution is 5.47. The van der Waals surface area contributed by atoms with Gasteiger partial charge in [-0.25, -0.2) is 4.79 Å². The predicted molar refractivity (Wildman–Crippen MR) is 58.0 cm³/mol. The first kappa shape index (κ1) is 10.6. The Balaban J connectivity index is 3.07. The Bertz CT molecular complexity index is 343. The number of hydrogen-bond donors (Lipinski definition) is 2. The van der Waals surface area contributed by atoms with Crippen LogP contribution in [0.5, 0.6) is 0 Å². The maximum atomic E-state index is 11.2. The lowest BCUT2D eigenvalue weighted by atomic mass is 10.4. The summed E-state index contributed by atoms with van der Waals surface area (Å²) in [5.74, 6) is 1.40. The Hall–Kier alpha value is -1.52. The number of nitrogens with one attached hydrogen (secondary N) is 2. The minimum Gasteiger partial charge on any atom is -0.374 e. The van der Waals surface area contributed by atoms with E-state index in [0.29, 0.717) is 11.6 Å². The van der Waals surface area contributed by atoms with Crippen molar-refractivity contribution in [3.63, 3.8) is 0 Å². The van der Waals surface area contributed by atoms with Gasteiger partial charge in [-0.3, -0.25) is 4.98 Å². The summed E-state index contributed by atoms with van der Waals surface area (Å²) in [6, 6.07) is 1.83. The van der Waals surface area contributed by atoms with Crippen LogP contribution in [-0.2, 0) is 0 Å². The van der Waals surface area contributed by atoms with E-state index in [1.807, 2.05) is 24.8 Å². The number of hydrogen-bond acceptors (Lipinski definition) is 4. The monoisotopic (exact) mass is 196 g/mol. The van der Waals surface area contributed by atoms with Crippen LogP contribution >= 0.6 is 0 Å². The summed E-state index contributed by atoms with van der Waals surface area (Å²) < 4.78 is 0. The maximum absolute atomic E-state index is 11.2. The van der Waals surface area contributed by atoms with Crippen LogP contribution in [0.1, 0.15) is 13.8 Å². The van der Waals surface area contributed by atoms with Crippen LogP contribution in [0.4, 0.5) is 11.6 Å². The summed E-state index contributed by atoms with van der Waals surface area (Å²) in [5.41, 5.74) is -0.321. The van der Waals surface area contributed by atoms with E-state index in [0.717, 1.165) is 13.1 Å². The molecule has 1 aromatic rings. The molecule has 0 aromatic carbocycles. The second kappa shape index (κ2) is 4.64. The van der Waals surface area contributed by atoms with Crippen LogP contribution in [-0.4, -0.2) is 30.1 Å². The quantitative estimate of drug-likeness (QED) is 0.742. The summed E-state index contributed by atoms with van der Waals surface area (Å²) in [6.45, 7) is 5.75. The largest absolute Gasteiger partial charge is 0.374 e. The van der Waals surface area contributed by atoms with Crippen LogP contribution < -0.4 is 15.9 Å². The molecule has 5 heteroatoms. The van der Waals surface area contributed by atoms with Crippen molar-refractivity contribution in [3.05, 3.63) is 16.6 Å². The molecule has 0 spiro atoms. The van der Waals surface area contributed by atoms with Crippen molar-refractivity contribution in [2.45, 2.75) is 13.8 Å². The zero-order valence-electron chi connectivity index (χ0n) is 8.79. The first-order chi connectivity index (χ1) is 6.71. The van der Waals surface area contributed by atoms with E-state index in [2.05, 4.69) is 15.3 Å². The normalized spacial score (nSPS) is 9.93. The fourth-order valence-corrected chi connectivity index (χ4v) is 1.29. The molecule has 5 nitrogen and oxygen atoms in total. The Kier molecular flexibility index (Phi) is 3.50. The molecule has 1 heterocycles. The summed E-state index contributed by atoms with van der Waals surface area (Å²) in [6.07, 6.45) is 0. The molecular formula is C9H16N4O. The molecule has 0 saturated carbocycles. The number of anilines is 2. The average Bonchev–Trinajstić information content (AvgIpc) is 2.19. The van der Waals surface area contributed by atoms with Crippen molar-refractivity contribution < 1.29 is 0 Å². The molecule has 0 amide bonds. The average molecular weight is 196 g/mol. The van der Waals surface area contributed by atoms with Gasteiger partial charge < -0.3 is 10.2 Å². The number of aromatic amines is 1. The summed E-state index contributed by atoms with van der Waals surface area (Å²) >= 11 is 0. The van der Waals surface area contributed by atoms with E-state index in [4.69, 9.17) is 0 Å². The highest BCUT2D eigenvalue weighted by Gasteiger charge is 2.05. The van der Waals surface area contributed by atoms with Crippen LogP contribution in [0.25, 0.3) is 0 Å². The van der Waals surface area contributed by atoms with E-state index in [1.165, 1.54) is 0 Å². The summed E-state index contributed by atoms with van der Waals surface area (Å²) in [4.78, 5) is 19.7. The third kappa shape index (κ3) is 2.25. The first-order valence-electron chi connectivity index (χ1n) is 4.75. The maximum Gasteiger partial charge on any atom is 0.348 e. The molecule has 0 aliphatic heterocycles. The molecule has 0 unspecified atom stereocenters. The second-order valence-corrected chi connectivity index (χ2v) is 2.88. The van der Waals surface area contributed by atoms with Crippen molar-refractivity contribution in [1.82, 2.24) is 9.97 Å². The smallest absolute Gasteiger partial charge is 0.348 e. The van der Waals surface area contributed by atoms with Gasteiger partial charge in [0.2, 0.25) is 0 Å². The summed E-state index contributed by atoms with van der Waals surface area (Å²) in [5, 5.41) is 2.89. The lowest BCUT2D eigenvalue weighted by Crippen LogP contribution is -2.26. The third-order valence-corrected chi connectivity index (χ3v) is 2.09. The molecule has 0 aliphatic carbocycles. The molecule has 1 rings (SSSR count). The van der Waals surface area contributed by atoms with Gasteiger partial charge in [0.15, 0.2) is 0 Å². The van der Waals surface area contributed by atoms with Gasteiger partial charge in [0.25, 0.3) is 0 Å². The third-order valence-electron chi connectivity index (χ3n) is 2.09. The molecular weight excluding hydrogens is 180 g/mol. The van der Waals surface area contributed by atoms with Crippen LogP contribution in [0.3, 0.4) is 0 Å². The second-order valence-electron chi connectivity index (χ2n) is 2.88. The van der Waals surface area contributed by atoms with Crippen molar-refractivity contribution in [2.75, 3.05) is 30.4 Å². The molecule has 14 heavy (non-hydrogen) atoms. The van der Waals surface area contributed by atoms with E-state index in [9.17, 15) is 4.79 Å². The first-order valence-corrected chi connectivity index (χ1v) is 4.75. The Labute approximate surface area is 83.2 Å². The highest BCUT2D eigenvalue weighted by Crippen LogP contribution is 2.10. The molecule has 0 radical (unpaired) electrons. The van der Waals surface area contributed by atoms with E-state index >= 15 is 0 Å². The molecule has 0 aliphatic rings. The SMILES string of the molecule is CCN(CC)c1cc(NC)[nH]c(=O)n1.